The first kappa shape index (κ1) is 21.0. The third-order valence-corrected chi connectivity index (χ3v) is 4.97. The summed E-state index contributed by atoms with van der Waals surface area (Å²) < 4.78 is 10.5. The summed E-state index contributed by atoms with van der Waals surface area (Å²) in [6, 6.07) is 17.8. The number of carbonyl (C=O) groups is 4. The summed E-state index contributed by atoms with van der Waals surface area (Å²) in [4.78, 5) is 50.6. The molecule has 0 unspecified atom stereocenters. The number of amides is 1. The Morgan fingerprint density at radius 1 is 0.812 bits per heavy atom. The van der Waals surface area contributed by atoms with Gasteiger partial charge in [0.15, 0.2) is 18.2 Å². The van der Waals surface area contributed by atoms with E-state index in [4.69, 9.17) is 9.47 Å². The van der Waals surface area contributed by atoms with E-state index in [1.54, 1.807) is 67.6 Å². The van der Waals surface area contributed by atoms with Gasteiger partial charge < -0.3 is 14.8 Å². The van der Waals surface area contributed by atoms with E-state index in [1.165, 1.54) is 6.07 Å². The SMILES string of the molecule is CCOc1ccccc1C(=O)OCC(=O)Nc1cccc2c1C(=O)c1ccccc1C2=O. The third kappa shape index (κ3) is 3.88. The topological polar surface area (TPSA) is 98.8 Å². The molecule has 3 aromatic carbocycles. The highest BCUT2D eigenvalue weighted by atomic mass is 16.5. The summed E-state index contributed by atoms with van der Waals surface area (Å²) in [6.07, 6.45) is 0. The zero-order valence-electron chi connectivity index (χ0n) is 17.2. The molecule has 0 bridgehead atoms. The molecule has 32 heavy (non-hydrogen) atoms. The average Bonchev–Trinajstić information content (AvgIpc) is 2.81. The van der Waals surface area contributed by atoms with Crippen LogP contribution in [-0.2, 0) is 9.53 Å². The van der Waals surface area contributed by atoms with Crippen LogP contribution < -0.4 is 10.1 Å². The number of fused-ring (bicyclic) bond motifs is 2. The number of anilines is 1. The molecule has 0 fully saturated rings. The largest absolute Gasteiger partial charge is 0.493 e. The molecule has 160 valence electrons. The predicted octanol–water partition coefficient (Wildman–Crippen LogP) is 3.66. The minimum atomic E-state index is -0.709. The van der Waals surface area contributed by atoms with Crippen LogP contribution in [0.5, 0.6) is 5.75 Å². The number of ether oxygens (including phenoxy) is 2. The summed E-state index contributed by atoms with van der Waals surface area (Å²) in [5.74, 6) is -1.63. The Balaban J connectivity index is 1.50. The van der Waals surface area contributed by atoms with Crippen molar-refractivity contribution >= 4 is 29.1 Å². The number of ketones is 2. The van der Waals surface area contributed by atoms with Crippen LogP contribution in [0.1, 0.15) is 49.1 Å². The quantitative estimate of drug-likeness (QED) is 0.470. The van der Waals surface area contributed by atoms with E-state index >= 15 is 0 Å². The normalized spacial score (nSPS) is 11.9. The molecule has 7 nitrogen and oxygen atoms in total. The van der Waals surface area contributed by atoms with Gasteiger partial charge in [-0.2, -0.15) is 0 Å². The van der Waals surface area contributed by atoms with Gasteiger partial charge in [0.05, 0.1) is 17.9 Å². The number of esters is 1. The molecule has 7 heteroatoms. The van der Waals surface area contributed by atoms with Crippen molar-refractivity contribution in [1.82, 2.24) is 0 Å². The van der Waals surface area contributed by atoms with E-state index in [0.717, 1.165) is 0 Å². The van der Waals surface area contributed by atoms with Crippen molar-refractivity contribution in [3.8, 4) is 5.75 Å². The highest BCUT2D eigenvalue weighted by Gasteiger charge is 2.31. The standard InChI is InChI=1S/C25H19NO6/c1-2-31-20-13-6-5-10-17(20)25(30)32-14-21(27)26-19-12-7-11-18-22(19)24(29)16-9-4-3-8-15(16)23(18)28/h3-13H,2,14H2,1H3,(H,26,27). The van der Waals surface area contributed by atoms with Gasteiger partial charge in [-0.1, -0.05) is 48.5 Å². The highest BCUT2D eigenvalue weighted by molar-refractivity contribution is 6.30. The van der Waals surface area contributed by atoms with Crippen LogP contribution in [0.25, 0.3) is 0 Å². The Hall–Kier alpha value is -4.26. The van der Waals surface area contributed by atoms with E-state index in [9.17, 15) is 19.2 Å². The zero-order chi connectivity index (χ0) is 22.7. The van der Waals surface area contributed by atoms with Crippen LogP contribution in [0.3, 0.4) is 0 Å². The molecule has 1 amide bonds. The lowest BCUT2D eigenvalue weighted by Crippen LogP contribution is -2.26. The van der Waals surface area contributed by atoms with Crippen LogP contribution in [0.4, 0.5) is 5.69 Å². The maximum absolute atomic E-state index is 13.0. The Bertz CT molecular complexity index is 1250. The summed E-state index contributed by atoms with van der Waals surface area (Å²) >= 11 is 0. The van der Waals surface area contributed by atoms with Gasteiger partial charge in [0.1, 0.15) is 11.3 Å². The molecule has 0 aliphatic heterocycles. The van der Waals surface area contributed by atoms with Gasteiger partial charge in [-0.3, -0.25) is 14.4 Å². The second kappa shape index (κ2) is 8.85. The van der Waals surface area contributed by atoms with E-state index in [0.29, 0.717) is 17.9 Å². The van der Waals surface area contributed by atoms with Gasteiger partial charge in [0.2, 0.25) is 0 Å². The van der Waals surface area contributed by atoms with Crippen LogP contribution in [-0.4, -0.2) is 36.7 Å². The maximum atomic E-state index is 13.0. The number of rotatable bonds is 6. The number of hydrogen-bond acceptors (Lipinski definition) is 6. The van der Waals surface area contributed by atoms with Crippen LogP contribution in [0.15, 0.2) is 66.7 Å². The Morgan fingerprint density at radius 3 is 2.22 bits per heavy atom. The van der Waals surface area contributed by atoms with Gasteiger partial charge in [-0.25, -0.2) is 4.79 Å². The first-order chi connectivity index (χ1) is 15.5. The molecule has 1 aliphatic carbocycles. The Kier molecular flexibility index (Phi) is 5.81. The lowest BCUT2D eigenvalue weighted by Gasteiger charge is -2.20. The fourth-order valence-electron chi connectivity index (χ4n) is 3.56. The molecule has 4 rings (SSSR count). The summed E-state index contributed by atoms with van der Waals surface area (Å²) in [5.41, 5.74) is 1.34. The highest BCUT2D eigenvalue weighted by Crippen LogP contribution is 2.31. The molecule has 0 saturated carbocycles. The summed E-state index contributed by atoms with van der Waals surface area (Å²) in [5, 5.41) is 2.58. The number of hydrogen-bond donors (Lipinski definition) is 1. The first-order valence-corrected chi connectivity index (χ1v) is 10.0. The van der Waals surface area contributed by atoms with Crippen LogP contribution in [0, 0.1) is 0 Å². The molecule has 3 aromatic rings. The van der Waals surface area contributed by atoms with E-state index in [2.05, 4.69) is 5.32 Å². The van der Waals surface area contributed by atoms with E-state index in [-0.39, 0.29) is 39.5 Å². The van der Waals surface area contributed by atoms with Crippen molar-refractivity contribution < 1.29 is 28.7 Å². The number of benzene rings is 3. The molecule has 0 spiro atoms. The maximum Gasteiger partial charge on any atom is 0.342 e. The van der Waals surface area contributed by atoms with Crippen LogP contribution >= 0.6 is 0 Å². The van der Waals surface area contributed by atoms with Gasteiger partial charge in [0.25, 0.3) is 5.91 Å². The second-order valence-electron chi connectivity index (χ2n) is 6.99. The van der Waals surface area contributed by atoms with E-state index < -0.39 is 18.5 Å². The molecule has 1 aliphatic rings. The second-order valence-corrected chi connectivity index (χ2v) is 6.99. The molecule has 0 atom stereocenters. The van der Waals surface area contributed by atoms with Gasteiger partial charge in [0, 0.05) is 16.7 Å². The van der Waals surface area contributed by atoms with Crippen molar-refractivity contribution in [1.29, 1.82) is 0 Å². The van der Waals surface area contributed by atoms with Crippen molar-refractivity contribution in [2.75, 3.05) is 18.5 Å². The molecule has 0 saturated heterocycles. The number of para-hydroxylation sites is 1. The molecular weight excluding hydrogens is 410 g/mol. The zero-order valence-corrected chi connectivity index (χ0v) is 17.2. The summed E-state index contributed by atoms with van der Waals surface area (Å²) in [7, 11) is 0. The third-order valence-electron chi connectivity index (χ3n) is 4.97. The number of nitrogens with one attached hydrogen (secondary N) is 1. The smallest absolute Gasteiger partial charge is 0.342 e. The molecular formula is C25H19NO6. The van der Waals surface area contributed by atoms with Gasteiger partial charge in [-0.05, 0) is 25.1 Å². The van der Waals surface area contributed by atoms with Crippen molar-refractivity contribution in [2.24, 2.45) is 0 Å². The fraction of sp³-hybridized carbons (Fsp3) is 0.120. The summed E-state index contributed by atoms with van der Waals surface area (Å²) in [6.45, 7) is 1.60. The molecule has 0 heterocycles. The molecule has 0 radical (unpaired) electrons. The first-order valence-electron chi connectivity index (χ1n) is 10.0. The Labute approximate surface area is 184 Å². The van der Waals surface area contributed by atoms with Crippen LogP contribution in [0.2, 0.25) is 0 Å². The monoisotopic (exact) mass is 429 g/mol. The molecule has 0 aromatic heterocycles. The minimum Gasteiger partial charge on any atom is -0.493 e. The van der Waals surface area contributed by atoms with E-state index in [1.807, 2.05) is 0 Å². The lowest BCUT2D eigenvalue weighted by atomic mass is 9.83. The van der Waals surface area contributed by atoms with Crippen molar-refractivity contribution in [2.45, 2.75) is 6.92 Å². The van der Waals surface area contributed by atoms with Crippen molar-refractivity contribution in [3.63, 3.8) is 0 Å². The fourth-order valence-corrected chi connectivity index (χ4v) is 3.56. The molecule has 1 N–H and O–H groups in total. The average molecular weight is 429 g/mol. The van der Waals surface area contributed by atoms with Gasteiger partial charge in [-0.15, -0.1) is 0 Å². The van der Waals surface area contributed by atoms with Crippen molar-refractivity contribution in [3.05, 3.63) is 94.5 Å². The predicted molar refractivity (Wildman–Crippen MR) is 116 cm³/mol. The van der Waals surface area contributed by atoms with Gasteiger partial charge >= 0.3 is 5.97 Å². The Morgan fingerprint density at radius 2 is 1.47 bits per heavy atom. The minimum absolute atomic E-state index is 0.123. The lowest BCUT2D eigenvalue weighted by molar-refractivity contribution is -0.119. The number of carbonyl (C=O) groups excluding carboxylic acids is 4.